The van der Waals surface area contributed by atoms with Crippen LogP contribution in [0.4, 0.5) is 0 Å². The van der Waals surface area contributed by atoms with Gasteiger partial charge >= 0.3 is 0 Å². The van der Waals surface area contributed by atoms with Crippen LogP contribution >= 0.6 is 0 Å². The molecular weight excluding hydrogens is 210 g/mol. The number of aromatic nitrogens is 2. The second-order valence-electron chi connectivity index (χ2n) is 4.00. The SMILES string of the molecule is CNC(CCc1ccccc1)c1cnccn1. The van der Waals surface area contributed by atoms with Gasteiger partial charge in [0.2, 0.25) is 0 Å². The van der Waals surface area contributed by atoms with E-state index < -0.39 is 0 Å². The number of nitrogens with zero attached hydrogens (tertiary/aromatic N) is 2. The Balaban J connectivity index is 1.97. The van der Waals surface area contributed by atoms with Gasteiger partial charge in [-0.1, -0.05) is 30.3 Å². The van der Waals surface area contributed by atoms with E-state index in [0.717, 1.165) is 18.5 Å². The van der Waals surface area contributed by atoms with Gasteiger partial charge in [-0.2, -0.15) is 0 Å². The van der Waals surface area contributed by atoms with Crippen molar-refractivity contribution in [3.8, 4) is 0 Å². The summed E-state index contributed by atoms with van der Waals surface area (Å²) in [6, 6.07) is 10.8. The zero-order valence-electron chi connectivity index (χ0n) is 10.0. The van der Waals surface area contributed by atoms with Gasteiger partial charge in [0.15, 0.2) is 0 Å². The maximum absolute atomic E-state index is 4.34. The summed E-state index contributed by atoms with van der Waals surface area (Å²) in [6.07, 6.45) is 7.34. The van der Waals surface area contributed by atoms with E-state index in [1.807, 2.05) is 19.3 Å². The Bertz CT molecular complexity index is 428. The molecule has 1 N–H and O–H groups in total. The molecule has 88 valence electrons. The van der Waals surface area contributed by atoms with Crippen molar-refractivity contribution in [1.82, 2.24) is 15.3 Å². The molecule has 17 heavy (non-hydrogen) atoms. The van der Waals surface area contributed by atoms with Gasteiger partial charge in [0.1, 0.15) is 0 Å². The minimum Gasteiger partial charge on any atom is -0.312 e. The highest BCUT2D eigenvalue weighted by Crippen LogP contribution is 2.15. The van der Waals surface area contributed by atoms with E-state index in [4.69, 9.17) is 0 Å². The molecule has 0 aliphatic rings. The molecule has 3 heteroatoms. The highest BCUT2D eigenvalue weighted by atomic mass is 14.9. The number of nitrogens with one attached hydrogen (secondary N) is 1. The van der Waals surface area contributed by atoms with E-state index in [-0.39, 0.29) is 6.04 Å². The predicted molar refractivity (Wildman–Crippen MR) is 68.6 cm³/mol. The van der Waals surface area contributed by atoms with Crippen LogP contribution in [0.3, 0.4) is 0 Å². The van der Waals surface area contributed by atoms with Gasteiger partial charge in [-0.05, 0) is 25.5 Å². The van der Waals surface area contributed by atoms with Crippen molar-refractivity contribution in [3.63, 3.8) is 0 Å². The first-order valence-corrected chi connectivity index (χ1v) is 5.87. The van der Waals surface area contributed by atoms with Gasteiger partial charge in [0, 0.05) is 18.6 Å². The van der Waals surface area contributed by atoms with Gasteiger partial charge in [-0.3, -0.25) is 9.97 Å². The maximum Gasteiger partial charge on any atom is 0.0756 e. The zero-order valence-corrected chi connectivity index (χ0v) is 10.0. The zero-order chi connectivity index (χ0) is 11.9. The van der Waals surface area contributed by atoms with Crippen LogP contribution in [0.25, 0.3) is 0 Å². The van der Waals surface area contributed by atoms with Gasteiger partial charge in [0.05, 0.1) is 11.7 Å². The quantitative estimate of drug-likeness (QED) is 0.852. The monoisotopic (exact) mass is 227 g/mol. The van der Waals surface area contributed by atoms with Crippen LogP contribution in [0.2, 0.25) is 0 Å². The molecule has 0 saturated heterocycles. The van der Waals surface area contributed by atoms with Gasteiger partial charge < -0.3 is 5.32 Å². The summed E-state index contributed by atoms with van der Waals surface area (Å²) < 4.78 is 0. The van der Waals surface area contributed by atoms with Crippen molar-refractivity contribution in [1.29, 1.82) is 0 Å². The second-order valence-corrected chi connectivity index (χ2v) is 4.00. The van der Waals surface area contributed by atoms with Gasteiger partial charge in [0.25, 0.3) is 0 Å². The van der Waals surface area contributed by atoms with Crippen molar-refractivity contribution in [2.75, 3.05) is 7.05 Å². The first-order chi connectivity index (χ1) is 8.40. The average Bonchev–Trinajstić information content (AvgIpc) is 2.42. The molecule has 0 amide bonds. The summed E-state index contributed by atoms with van der Waals surface area (Å²) in [5.41, 5.74) is 2.36. The van der Waals surface area contributed by atoms with Crippen molar-refractivity contribution >= 4 is 0 Å². The lowest BCUT2D eigenvalue weighted by Crippen LogP contribution is -2.18. The lowest BCUT2D eigenvalue weighted by Gasteiger charge is -2.14. The molecule has 3 nitrogen and oxygen atoms in total. The van der Waals surface area contributed by atoms with Crippen molar-refractivity contribution in [2.45, 2.75) is 18.9 Å². The largest absolute Gasteiger partial charge is 0.312 e. The van der Waals surface area contributed by atoms with Crippen LogP contribution < -0.4 is 5.32 Å². The Labute approximate surface area is 102 Å². The van der Waals surface area contributed by atoms with E-state index >= 15 is 0 Å². The second kappa shape index (κ2) is 6.11. The maximum atomic E-state index is 4.34. The van der Waals surface area contributed by atoms with E-state index in [1.165, 1.54) is 5.56 Å². The fraction of sp³-hybridized carbons (Fsp3) is 0.286. The van der Waals surface area contributed by atoms with Crippen molar-refractivity contribution in [2.24, 2.45) is 0 Å². The molecule has 1 unspecified atom stereocenters. The van der Waals surface area contributed by atoms with Crippen molar-refractivity contribution in [3.05, 3.63) is 60.2 Å². The third-order valence-corrected chi connectivity index (χ3v) is 2.85. The standard InChI is InChI=1S/C14H17N3/c1-15-13(14-11-16-9-10-17-14)8-7-12-5-3-2-4-6-12/h2-6,9-11,13,15H,7-8H2,1H3. The van der Waals surface area contributed by atoms with Crippen LogP contribution in [0.5, 0.6) is 0 Å². The molecule has 1 atom stereocenters. The molecule has 2 aromatic rings. The molecule has 0 bridgehead atoms. The Morgan fingerprint density at radius 2 is 2.00 bits per heavy atom. The molecule has 0 saturated carbocycles. The van der Waals surface area contributed by atoms with E-state index in [1.54, 1.807) is 12.4 Å². The van der Waals surface area contributed by atoms with Crippen LogP contribution in [-0.4, -0.2) is 17.0 Å². The molecule has 0 radical (unpaired) electrons. The number of aryl methyl sites for hydroxylation is 1. The van der Waals surface area contributed by atoms with Crippen LogP contribution in [-0.2, 0) is 6.42 Å². The number of hydrogen-bond acceptors (Lipinski definition) is 3. The summed E-state index contributed by atoms with van der Waals surface area (Å²) in [5, 5.41) is 3.29. The molecule has 1 aromatic carbocycles. The van der Waals surface area contributed by atoms with Crippen LogP contribution in [0.15, 0.2) is 48.9 Å². The van der Waals surface area contributed by atoms with E-state index in [0.29, 0.717) is 0 Å². The van der Waals surface area contributed by atoms with Gasteiger partial charge in [-0.25, -0.2) is 0 Å². The summed E-state index contributed by atoms with van der Waals surface area (Å²) in [5.74, 6) is 0. The molecule has 1 aromatic heterocycles. The van der Waals surface area contributed by atoms with Crippen molar-refractivity contribution < 1.29 is 0 Å². The van der Waals surface area contributed by atoms with Gasteiger partial charge in [-0.15, -0.1) is 0 Å². The molecule has 2 rings (SSSR count). The number of hydrogen-bond donors (Lipinski definition) is 1. The molecule has 0 aliphatic carbocycles. The normalized spacial score (nSPS) is 12.3. The van der Waals surface area contributed by atoms with Crippen LogP contribution in [0, 0.1) is 0 Å². The molecule has 1 heterocycles. The Morgan fingerprint density at radius 1 is 1.18 bits per heavy atom. The fourth-order valence-electron chi connectivity index (χ4n) is 1.89. The topological polar surface area (TPSA) is 37.8 Å². The number of rotatable bonds is 5. The summed E-state index contributed by atoms with van der Waals surface area (Å²) in [7, 11) is 1.96. The Morgan fingerprint density at radius 3 is 2.65 bits per heavy atom. The number of benzene rings is 1. The third-order valence-electron chi connectivity index (χ3n) is 2.85. The first kappa shape index (κ1) is 11.7. The lowest BCUT2D eigenvalue weighted by atomic mass is 10.0. The van der Waals surface area contributed by atoms with E-state index in [9.17, 15) is 0 Å². The average molecular weight is 227 g/mol. The van der Waals surface area contributed by atoms with E-state index in [2.05, 4.69) is 39.6 Å². The smallest absolute Gasteiger partial charge is 0.0756 e. The fourth-order valence-corrected chi connectivity index (χ4v) is 1.89. The lowest BCUT2D eigenvalue weighted by molar-refractivity contribution is 0.533. The minimum absolute atomic E-state index is 0.268. The Hall–Kier alpha value is -1.74. The predicted octanol–water partition coefficient (Wildman–Crippen LogP) is 2.37. The molecule has 0 fully saturated rings. The highest BCUT2D eigenvalue weighted by molar-refractivity contribution is 5.15. The summed E-state index contributed by atoms with van der Waals surface area (Å²) in [4.78, 5) is 8.44. The highest BCUT2D eigenvalue weighted by Gasteiger charge is 2.10. The molecular formula is C14H17N3. The molecule has 0 aliphatic heterocycles. The minimum atomic E-state index is 0.268. The first-order valence-electron chi connectivity index (χ1n) is 5.87. The third kappa shape index (κ3) is 3.36. The Kier molecular flexibility index (Phi) is 4.22. The van der Waals surface area contributed by atoms with Crippen LogP contribution in [0.1, 0.15) is 23.7 Å². The summed E-state index contributed by atoms with van der Waals surface area (Å²) >= 11 is 0. The molecule has 0 spiro atoms. The summed E-state index contributed by atoms with van der Waals surface area (Å²) in [6.45, 7) is 0.